The predicted octanol–water partition coefficient (Wildman–Crippen LogP) is 4.56. The van der Waals surface area contributed by atoms with E-state index in [1.54, 1.807) is 48.5 Å². The molecule has 2 heterocycles. The van der Waals surface area contributed by atoms with Crippen molar-refractivity contribution in [1.29, 1.82) is 0 Å². The second-order valence-corrected chi connectivity index (χ2v) is 6.15. The van der Waals surface area contributed by atoms with Gasteiger partial charge >= 0.3 is 0 Å². The molecule has 1 N–H and O–H groups in total. The number of aromatic amines is 1. The number of carbonyl (C=O) groups excluding carboxylic acids is 2. The van der Waals surface area contributed by atoms with E-state index in [0.29, 0.717) is 16.8 Å². The van der Waals surface area contributed by atoms with Crippen molar-refractivity contribution in [1.82, 2.24) is 10.2 Å². The van der Waals surface area contributed by atoms with Gasteiger partial charge in [0, 0.05) is 11.8 Å². The molecule has 1 aliphatic rings. The van der Waals surface area contributed by atoms with Crippen molar-refractivity contribution < 1.29 is 9.59 Å². The molecule has 0 fully saturated rings. The molecule has 0 bridgehead atoms. The largest absolute Gasteiger partial charge is 0.285 e. The highest BCUT2D eigenvalue weighted by Gasteiger charge is 2.35. The smallest absolute Gasteiger partial charge is 0.266 e. The van der Waals surface area contributed by atoms with E-state index in [0.717, 1.165) is 11.3 Å². The number of anilines is 1. The highest BCUT2D eigenvalue weighted by atomic mass is 16.2. The third-order valence-electron chi connectivity index (χ3n) is 4.38. The van der Waals surface area contributed by atoms with E-state index in [-0.39, 0.29) is 11.8 Å². The molecule has 3 aromatic carbocycles. The van der Waals surface area contributed by atoms with E-state index >= 15 is 0 Å². The number of rotatable bonds is 2. The Morgan fingerprint density at radius 2 is 1.18 bits per heavy atom. The number of H-pyrrole nitrogens is 1. The molecule has 1 aromatic heterocycles. The second kappa shape index (κ2) is 7.72. The number of nitrogens with one attached hydrogen (secondary N) is 1. The molecule has 0 unspecified atom stereocenters. The number of nitrogens with zero attached hydrogens (tertiary/aromatic N) is 2. The number of carbonyl (C=O) groups is 2. The van der Waals surface area contributed by atoms with Crippen molar-refractivity contribution in [3.63, 3.8) is 0 Å². The Labute approximate surface area is 162 Å². The van der Waals surface area contributed by atoms with Crippen LogP contribution in [0.3, 0.4) is 0 Å². The van der Waals surface area contributed by atoms with Crippen LogP contribution in [-0.4, -0.2) is 22.0 Å². The van der Waals surface area contributed by atoms with Crippen molar-refractivity contribution in [2.24, 2.45) is 0 Å². The van der Waals surface area contributed by atoms with Gasteiger partial charge in [-0.1, -0.05) is 60.7 Å². The van der Waals surface area contributed by atoms with E-state index in [2.05, 4.69) is 10.2 Å². The molecule has 5 heteroatoms. The molecule has 0 saturated heterocycles. The van der Waals surface area contributed by atoms with Crippen LogP contribution in [0.15, 0.2) is 97.2 Å². The van der Waals surface area contributed by atoms with Crippen LogP contribution in [0.2, 0.25) is 0 Å². The number of fused-ring (bicyclic) bond motifs is 1. The summed E-state index contributed by atoms with van der Waals surface area (Å²) < 4.78 is 0. The fourth-order valence-electron chi connectivity index (χ4n) is 3.03. The van der Waals surface area contributed by atoms with Crippen molar-refractivity contribution >= 4 is 17.5 Å². The lowest BCUT2D eigenvalue weighted by Gasteiger charge is -2.13. The number of amides is 2. The first-order valence-corrected chi connectivity index (χ1v) is 8.84. The first kappa shape index (κ1) is 17.4. The minimum Gasteiger partial charge on any atom is -0.285 e. The zero-order valence-electron chi connectivity index (χ0n) is 14.9. The molecule has 0 spiro atoms. The molecule has 1 aliphatic heterocycles. The Bertz CT molecular complexity index is 1060. The molecule has 4 aromatic rings. The summed E-state index contributed by atoms with van der Waals surface area (Å²) in [5.41, 5.74) is 3.70. The second-order valence-electron chi connectivity index (χ2n) is 6.15. The summed E-state index contributed by atoms with van der Waals surface area (Å²) in [6, 6.07) is 27.9. The van der Waals surface area contributed by atoms with Gasteiger partial charge < -0.3 is 0 Å². The van der Waals surface area contributed by atoms with Gasteiger partial charge in [0.15, 0.2) is 0 Å². The maximum absolute atomic E-state index is 12.1. The minimum atomic E-state index is -0.253. The van der Waals surface area contributed by atoms with Crippen LogP contribution in [0.1, 0.15) is 20.7 Å². The van der Waals surface area contributed by atoms with E-state index < -0.39 is 0 Å². The fraction of sp³-hybridized carbons (Fsp3) is 0. The Morgan fingerprint density at radius 3 is 1.71 bits per heavy atom. The van der Waals surface area contributed by atoms with Crippen LogP contribution < -0.4 is 4.90 Å². The van der Waals surface area contributed by atoms with E-state index in [9.17, 15) is 9.59 Å². The quantitative estimate of drug-likeness (QED) is 0.528. The summed E-state index contributed by atoms with van der Waals surface area (Å²) in [5.74, 6) is -0.506. The normalized spacial score (nSPS) is 12.4. The summed E-state index contributed by atoms with van der Waals surface area (Å²) in [4.78, 5) is 25.4. The standard InChI is InChI=1S/C14H9NO2.C9H8N2/c16-13-11-8-4-5-9-12(11)14(17)15(13)10-6-2-1-3-7-10;1-2-4-8(5-3-1)9-6-7-10-11-9/h1-9H;1-7H,(H,10,11). The van der Waals surface area contributed by atoms with Crippen molar-refractivity contribution in [3.8, 4) is 11.3 Å². The lowest BCUT2D eigenvalue weighted by atomic mass is 10.1. The van der Waals surface area contributed by atoms with Crippen LogP contribution in [-0.2, 0) is 0 Å². The SMILES string of the molecule is O=C1c2ccccc2C(=O)N1c1ccccc1.c1ccc(-c2cc[nH]n2)cc1. The molecule has 5 nitrogen and oxygen atoms in total. The summed E-state index contributed by atoms with van der Waals surface area (Å²) in [6.07, 6.45) is 1.82. The third kappa shape index (κ3) is 3.33. The monoisotopic (exact) mass is 367 g/mol. The van der Waals surface area contributed by atoms with Crippen molar-refractivity contribution in [2.45, 2.75) is 0 Å². The van der Waals surface area contributed by atoms with Crippen molar-refractivity contribution in [2.75, 3.05) is 4.90 Å². The van der Waals surface area contributed by atoms with E-state index in [1.807, 2.05) is 48.7 Å². The molecular weight excluding hydrogens is 350 g/mol. The first-order valence-electron chi connectivity index (χ1n) is 8.84. The highest BCUT2D eigenvalue weighted by Crippen LogP contribution is 2.27. The lowest BCUT2D eigenvalue weighted by Crippen LogP contribution is -2.29. The van der Waals surface area contributed by atoms with Gasteiger partial charge in [0.2, 0.25) is 0 Å². The van der Waals surface area contributed by atoms with Gasteiger partial charge in [0.25, 0.3) is 11.8 Å². The van der Waals surface area contributed by atoms with Gasteiger partial charge in [0.1, 0.15) is 0 Å². The molecular formula is C23H17N3O2. The summed E-state index contributed by atoms with van der Waals surface area (Å²) in [6.45, 7) is 0. The molecule has 28 heavy (non-hydrogen) atoms. The van der Waals surface area contributed by atoms with Gasteiger partial charge in [-0.05, 0) is 30.3 Å². The molecule has 0 saturated carbocycles. The average Bonchev–Trinajstić information content (AvgIpc) is 3.38. The maximum atomic E-state index is 12.1. The molecule has 0 atom stereocenters. The average molecular weight is 367 g/mol. The number of para-hydroxylation sites is 1. The fourth-order valence-corrected chi connectivity index (χ4v) is 3.03. The van der Waals surface area contributed by atoms with Crippen LogP contribution in [0, 0.1) is 0 Å². The molecule has 0 aliphatic carbocycles. The molecule has 2 amide bonds. The van der Waals surface area contributed by atoms with Gasteiger partial charge in [-0.2, -0.15) is 5.10 Å². The van der Waals surface area contributed by atoms with E-state index in [1.165, 1.54) is 4.90 Å². The Hall–Kier alpha value is -3.99. The summed E-state index contributed by atoms with van der Waals surface area (Å²) in [7, 11) is 0. The Morgan fingerprint density at radius 1 is 0.643 bits per heavy atom. The topological polar surface area (TPSA) is 66.1 Å². The summed E-state index contributed by atoms with van der Waals surface area (Å²) >= 11 is 0. The number of hydrogen-bond acceptors (Lipinski definition) is 3. The number of imide groups is 1. The number of benzene rings is 3. The Balaban J connectivity index is 0.000000151. The van der Waals surface area contributed by atoms with Gasteiger partial charge in [-0.25, -0.2) is 4.90 Å². The molecule has 136 valence electrons. The van der Waals surface area contributed by atoms with Gasteiger partial charge in [-0.15, -0.1) is 0 Å². The first-order chi connectivity index (χ1) is 13.8. The van der Waals surface area contributed by atoms with Gasteiger partial charge in [0.05, 0.1) is 22.5 Å². The third-order valence-corrected chi connectivity index (χ3v) is 4.38. The minimum absolute atomic E-state index is 0.253. The van der Waals surface area contributed by atoms with Crippen LogP contribution in [0.5, 0.6) is 0 Å². The van der Waals surface area contributed by atoms with Crippen molar-refractivity contribution in [3.05, 3.63) is 108 Å². The predicted molar refractivity (Wildman–Crippen MR) is 108 cm³/mol. The highest BCUT2D eigenvalue weighted by molar-refractivity contribution is 6.34. The van der Waals surface area contributed by atoms with Crippen LogP contribution in [0.25, 0.3) is 11.3 Å². The van der Waals surface area contributed by atoms with Crippen LogP contribution >= 0.6 is 0 Å². The zero-order valence-corrected chi connectivity index (χ0v) is 14.9. The zero-order chi connectivity index (χ0) is 19.3. The number of hydrogen-bond donors (Lipinski definition) is 1. The lowest BCUT2D eigenvalue weighted by molar-refractivity contribution is 0.0926. The Kier molecular flexibility index (Phi) is 4.80. The molecule has 5 rings (SSSR count). The maximum Gasteiger partial charge on any atom is 0.266 e. The van der Waals surface area contributed by atoms with E-state index in [4.69, 9.17) is 0 Å². The molecule has 0 radical (unpaired) electrons. The number of aromatic nitrogens is 2. The van der Waals surface area contributed by atoms with Crippen LogP contribution in [0.4, 0.5) is 5.69 Å². The van der Waals surface area contributed by atoms with Gasteiger partial charge in [-0.3, -0.25) is 14.7 Å². The summed E-state index contributed by atoms with van der Waals surface area (Å²) in [5, 5.41) is 6.84.